The van der Waals surface area contributed by atoms with E-state index in [9.17, 15) is 4.79 Å². The lowest BCUT2D eigenvalue weighted by Gasteiger charge is -2.14. The van der Waals surface area contributed by atoms with Gasteiger partial charge in [0.15, 0.2) is 0 Å². The van der Waals surface area contributed by atoms with Crippen LogP contribution < -0.4 is 5.32 Å². The lowest BCUT2D eigenvalue weighted by molar-refractivity contribution is 0.102. The number of hydrogen-bond donors (Lipinski definition) is 1. The van der Waals surface area contributed by atoms with Gasteiger partial charge in [-0.3, -0.25) is 9.78 Å². The van der Waals surface area contributed by atoms with E-state index in [4.69, 9.17) is 0 Å². The van der Waals surface area contributed by atoms with E-state index in [2.05, 4.69) is 48.4 Å². The number of aryl methyl sites for hydroxylation is 2. The first-order chi connectivity index (χ1) is 15.0. The van der Waals surface area contributed by atoms with Gasteiger partial charge in [0.1, 0.15) is 0 Å². The molecule has 0 aliphatic carbocycles. The SMILES string of the molecule is CSc1ccc(C(=O)Nc2cccc(-c3ccccn3)c2)c(-c2ccc(C)c(C)c2)c1. The van der Waals surface area contributed by atoms with Crippen LogP contribution in [0.3, 0.4) is 0 Å². The molecule has 1 aromatic heterocycles. The molecule has 1 amide bonds. The zero-order valence-electron chi connectivity index (χ0n) is 17.8. The molecule has 0 aliphatic rings. The van der Waals surface area contributed by atoms with Crippen LogP contribution in [0, 0.1) is 13.8 Å². The lowest BCUT2D eigenvalue weighted by atomic mass is 9.96. The molecular formula is C27H24N2OS. The Labute approximate surface area is 187 Å². The number of amides is 1. The van der Waals surface area contributed by atoms with E-state index >= 15 is 0 Å². The summed E-state index contributed by atoms with van der Waals surface area (Å²) in [6.07, 6.45) is 3.81. The Bertz CT molecular complexity index is 1240. The molecule has 0 aliphatic heterocycles. The van der Waals surface area contributed by atoms with Gasteiger partial charge in [-0.15, -0.1) is 11.8 Å². The van der Waals surface area contributed by atoms with Gasteiger partial charge in [0.25, 0.3) is 5.91 Å². The van der Waals surface area contributed by atoms with Gasteiger partial charge in [-0.05, 0) is 84.8 Å². The van der Waals surface area contributed by atoms with Crippen molar-refractivity contribution in [2.45, 2.75) is 18.7 Å². The highest BCUT2D eigenvalue weighted by Crippen LogP contribution is 2.31. The maximum atomic E-state index is 13.3. The van der Waals surface area contributed by atoms with Crippen LogP contribution in [-0.4, -0.2) is 17.1 Å². The number of carbonyl (C=O) groups is 1. The highest BCUT2D eigenvalue weighted by molar-refractivity contribution is 7.98. The molecule has 0 spiro atoms. The molecule has 154 valence electrons. The number of carbonyl (C=O) groups excluding carboxylic acids is 1. The number of pyridine rings is 1. The first kappa shape index (κ1) is 20.9. The van der Waals surface area contributed by atoms with Gasteiger partial charge < -0.3 is 5.32 Å². The van der Waals surface area contributed by atoms with E-state index in [1.165, 1.54) is 11.1 Å². The number of rotatable bonds is 5. The smallest absolute Gasteiger partial charge is 0.256 e. The van der Waals surface area contributed by atoms with Gasteiger partial charge in [-0.1, -0.05) is 36.4 Å². The van der Waals surface area contributed by atoms with Crippen molar-refractivity contribution in [1.82, 2.24) is 4.98 Å². The summed E-state index contributed by atoms with van der Waals surface area (Å²) < 4.78 is 0. The molecule has 31 heavy (non-hydrogen) atoms. The number of anilines is 1. The number of nitrogens with one attached hydrogen (secondary N) is 1. The van der Waals surface area contributed by atoms with Crippen LogP contribution in [0.5, 0.6) is 0 Å². The van der Waals surface area contributed by atoms with Crippen molar-refractivity contribution in [3.05, 3.63) is 102 Å². The van der Waals surface area contributed by atoms with Gasteiger partial charge in [0.2, 0.25) is 0 Å². The Balaban J connectivity index is 1.68. The van der Waals surface area contributed by atoms with Crippen LogP contribution >= 0.6 is 11.8 Å². The van der Waals surface area contributed by atoms with Crippen molar-refractivity contribution in [3.63, 3.8) is 0 Å². The number of thioether (sulfide) groups is 1. The zero-order valence-corrected chi connectivity index (χ0v) is 18.7. The Morgan fingerprint density at radius 3 is 2.45 bits per heavy atom. The normalized spacial score (nSPS) is 10.7. The standard InChI is InChI=1S/C27H24N2OS/c1-18-10-11-20(15-19(18)2)25-17-23(31-3)12-13-24(25)27(30)29-22-8-6-7-21(16-22)26-9-4-5-14-28-26/h4-17H,1-3H3,(H,29,30). The van der Waals surface area contributed by atoms with Gasteiger partial charge in [0.05, 0.1) is 5.69 Å². The van der Waals surface area contributed by atoms with Gasteiger partial charge in [0, 0.05) is 27.9 Å². The van der Waals surface area contributed by atoms with Crippen LogP contribution in [0.25, 0.3) is 22.4 Å². The van der Waals surface area contributed by atoms with Crippen molar-refractivity contribution in [3.8, 4) is 22.4 Å². The van der Waals surface area contributed by atoms with E-state index < -0.39 is 0 Å². The molecule has 1 N–H and O–H groups in total. The highest BCUT2D eigenvalue weighted by Gasteiger charge is 2.15. The fraction of sp³-hybridized carbons (Fsp3) is 0.111. The first-order valence-corrected chi connectivity index (χ1v) is 11.4. The van der Waals surface area contributed by atoms with Gasteiger partial charge >= 0.3 is 0 Å². The Kier molecular flexibility index (Phi) is 6.19. The molecule has 0 radical (unpaired) electrons. The summed E-state index contributed by atoms with van der Waals surface area (Å²) in [7, 11) is 0. The molecule has 0 atom stereocenters. The average Bonchev–Trinajstić information content (AvgIpc) is 2.81. The predicted octanol–water partition coefficient (Wildman–Crippen LogP) is 7.01. The summed E-state index contributed by atoms with van der Waals surface area (Å²) in [5.74, 6) is -0.126. The van der Waals surface area contributed by atoms with Crippen molar-refractivity contribution >= 4 is 23.4 Å². The molecule has 0 unspecified atom stereocenters. The molecule has 3 aromatic carbocycles. The summed E-state index contributed by atoms with van der Waals surface area (Å²) >= 11 is 1.67. The third-order valence-electron chi connectivity index (χ3n) is 5.37. The zero-order chi connectivity index (χ0) is 21.8. The summed E-state index contributed by atoms with van der Waals surface area (Å²) in [6, 6.07) is 25.9. The molecule has 0 bridgehead atoms. The molecule has 3 nitrogen and oxygen atoms in total. The second-order valence-corrected chi connectivity index (χ2v) is 8.34. The maximum Gasteiger partial charge on any atom is 0.256 e. The van der Waals surface area contributed by atoms with E-state index in [1.54, 1.807) is 18.0 Å². The monoisotopic (exact) mass is 424 g/mol. The molecule has 4 aromatic rings. The second-order valence-electron chi connectivity index (χ2n) is 7.46. The van der Waals surface area contributed by atoms with Crippen LogP contribution in [-0.2, 0) is 0 Å². The molecule has 1 heterocycles. The quantitative estimate of drug-likeness (QED) is 0.351. The molecule has 0 saturated carbocycles. The minimum absolute atomic E-state index is 0.126. The second kappa shape index (κ2) is 9.19. The van der Waals surface area contributed by atoms with Crippen LogP contribution in [0.15, 0.2) is 90.0 Å². The van der Waals surface area contributed by atoms with Crippen molar-refractivity contribution < 1.29 is 4.79 Å². The lowest BCUT2D eigenvalue weighted by Crippen LogP contribution is -2.13. The van der Waals surface area contributed by atoms with E-state index in [0.717, 1.165) is 33.0 Å². The van der Waals surface area contributed by atoms with Crippen molar-refractivity contribution in [1.29, 1.82) is 0 Å². The number of hydrogen-bond acceptors (Lipinski definition) is 3. The Morgan fingerprint density at radius 1 is 0.839 bits per heavy atom. The molecule has 0 fully saturated rings. The van der Waals surface area contributed by atoms with E-state index in [-0.39, 0.29) is 5.91 Å². The molecule has 0 saturated heterocycles. The third-order valence-corrected chi connectivity index (χ3v) is 6.10. The fourth-order valence-electron chi connectivity index (χ4n) is 3.48. The van der Waals surface area contributed by atoms with E-state index in [0.29, 0.717) is 5.56 Å². The van der Waals surface area contributed by atoms with Crippen LogP contribution in [0.1, 0.15) is 21.5 Å². The Hall–Kier alpha value is -3.37. The minimum atomic E-state index is -0.126. The van der Waals surface area contributed by atoms with Crippen LogP contribution in [0.4, 0.5) is 5.69 Å². The highest BCUT2D eigenvalue weighted by atomic mass is 32.2. The largest absolute Gasteiger partial charge is 0.322 e. The minimum Gasteiger partial charge on any atom is -0.322 e. The fourth-order valence-corrected chi connectivity index (χ4v) is 3.92. The van der Waals surface area contributed by atoms with Crippen molar-refractivity contribution in [2.24, 2.45) is 0 Å². The summed E-state index contributed by atoms with van der Waals surface area (Å²) in [6.45, 7) is 4.19. The number of nitrogens with zero attached hydrogens (tertiary/aromatic N) is 1. The molecule has 4 heteroatoms. The predicted molar refractivity (Wildman–Crippen MR) is 131 cm³/mol. The third kappa shape index (κ3) is 4.70. The summed E-state index contributed by atoms with van der Waals surface area (Å²) in [5.41, 5.74) is 7.67. The number of aromatic nitrogens is 1. The van der Waals surface area contributed by atoms with Gasteiger partial charge in [-0.2, -0.15) is 0 Å². The summed E-state index contributed by atoms with van der Waals surface area (Å²) in [4.78, 5) is 18.8. The molecular weight excluding hydrogens is 400 g/mol. The first-order valence-electron chi connectivity index (χ1n) is 10.1. The summed E-state index contributed by atoms with van der Waals surface area (Å²) in [5, 5.41) is 3.07. The molecule has 4 rings (SSSR count). The van der Waals surface area contributed by atoms with Gasteiger partial charge in [-0.25, -0.2) is 0 Å². The number of benzene rings is 3. The van der Waals surface area contributed by atoms with E-state index in [1.807, 2.05) is 60.9 Å². The Morgan fingerprint density at radius 2 is 1.71 bits per heavy atom. The topological polar surface area (TPSA) is 42.0 Å². The van der Waals surface area contributed by atoms with Crippen molar-refractivity contribution in [2.75, 3.05) is 11.6 Å². The van der Waals surface area contributed by atoms with Crippen LogP contribution in [0.2, 0.25) is 0 Å². The maximum absolute atomic E-state index is 13.3. The average molecular weight is 425 g/mol.